The molecule has 25 heavy (non-hydrogen) atoms. The van der Waals surface area contributed by atoms with Crippen molar-refractivity contribution in [2.45, 2.75) is 27.3 Å². The summed E-state index contributed by atoms with van der Waals surface area (Å²) < 4.78 is 2.40. The maximum absolute atomic E-state index is 2.40. The molecule has 4 rings (SSSR count). The average molecular weight is 327 g/mol. The van der Waals surface area contributed by atoms with Gasteiger partial charge in [-0.05, 0) is 36.1 Å². The van der Waals surface area contributed by atoms with Gasteiger partial charge in [-0.2, -0.15) is 0 Å². The molecule has 0 fully saturated rings. The SMILES string of the molecule is CCn1c2ccccc2c2cc(/C=C/C3C=CC=CC3(C)C)ccc21. The lowest BCUT2D eigenvalue weighted by atomic mass is 9.76. The van der Waals surface area contributed by atoms with Crippen LogP contribution in [0, 0.1) is 11.3 Å². The fraction of sp³-hybridized carbons (Fsp3) is 0.250. The molecule has 1 unspecified atom stereocenters. The second-order valence-electron chi connectivity index (χ2n) is 7.49. The topological polar surface area (TPSA) is 4.93 Å². The Balaban J connectivity index is 1.77. The van der Waals surface area contributed by atoms with Crippen LogP contribution in [0.25, 0.3) is 27.9 Å². The van der Waals surface area contributed by atoms with Crippen molar-refractivity contribution in [3.05, 3.63) is 78.4 Å². The van der Waals surface area contributed by atoms with Gasteiger partial charge in [-0.25, -0.2) is 0 Å². The highest BCUT2D eigenvalue weighted by molar-refractivity contribution is 6.08. The van der Waals surface area contributed by atoms with Crippen molar-refractivity contribution in [2.24, 2.45) is 11.3 Å². The standard InChI is InChI=1S/C24H25N/c1-4-25-22-11-6-5-10-20(22)21-17-18(13-15-23(21)25)12-14-19-9-7-8-16-24(19,2)3/h5-17,19H,4H2,1-3H3/b14-12+. The van der Waals surface area contributed by atoms with Crippen LogP contribution in [-0.4, -0.2) is 4.57 Å². The Morgan fingerprint density at radius 2 is 1.80 bits per heavy atom. The average Bonchev–Trinajstić information content (AvgIpc) is 2.93. The lowest BCUT2D eigenvalue weighted by molar-refractivity contribution is 0.398. The normalized spacial score (nSPS) is 19.4. The van der Waals surface area contributed by atoms with Crippen LogP contribution in [0.15, 0.2) is 72.8 Å². The smallest absolute Gasteiger partial charge is 0.0491 e. The van der Waals surface area contributed by atoms with E-state index in [1.807, 2.05) is 0 Å². The van der Waals surface area contributed by atoms with Crippen molar-refractivity contribution in [3.63, 3.8) is 0 Å². The minimum Gasteiger partial charge on any atom is -0.341 e. The molecule has 1 aliphatic carbocycles. The third kappa shape index (κ3) is 2.74. The van der Waals surface area contributed by atoms with Crippen LogP contribution in [0.3, 0.4) is 0 Å². The first-order chi connectivity index (χ1) is 12.1. The van der Waals surface area contributed by atoms with Crippen LogP contribution in [-0.2, 0) is 6.54 Å². The molecule has 0 amide bonds. The number of benzene rings is 2. The van der Waals surface area contributed by atoms with E-state index in [1.165, 1.54) is 27.4 Å². The highest BCUT2D eigenvalue weighted by atomic mass is 15.0. The first-order valence-corrected chi connectivity index (χ1v) is 9.15. The molecule has 1 heterocycles. The number of hydrogen-bond donors (Lipinski definition) is 0. The van der Waals surface area contributed by atoms with Crippen LogP contribution < -0.4 is 0 Å². The quantitative estimate of drug-likeness (QED) is 0.511. The molecule has 3 aromatic rings. The van der Waals surface area contributed by atoms with Crippen LogP contribution in [0.5, 0.6) is 0 Å². The Bertz CT molecular complexity index is 1010. The number of rotatable bonds is 3. The molecule has 0 saturated carbocycles. The van der Waals surface area contributed by atoms with Crippen molar-refractivity contribution in [2.75, 3.05) is 0 Å². The summed E-state index contributed by atoms with van der Waals surface area (Å²) in [6, 6.07) is 15.5. The Morgan fingerprint density at radius 1 is 1.00 bits per heavy atom. The Labute approximate surface area is 150 Å². The van der Waals surface area contributed by atoms with Gasteiger partial charge in [0.15, 0.2) is 0 Å². The van der Waals surface area contributed by atoms with Crippen molar-refractivity contribution >= 4 is 27.9 Å². The van der Waals surface area contributed by atoms with Gasteiger partial charge >= 0.3 is 0 Å². The molecule has 2 aromatic carbocycles. The molecule has 126 valence electrons. The van der Waals surface area contributed by atoms with Gasteiger partial charge < -0.3 is 4.57 Å². The molecule has 1 aliphatic rings. The lowest BCUT2D eigenvalue weighted by Crippen LogP contribution is -2.19. The summed E-state index contributed by atoms with van der Waals surface area (Å²) in [5, 5.41) is 2.69. The summed E-state index contributed by atoms with van der Waals surface area (Å²) in [4.78, 5) is 0. The maximum atomic E-state index is 2.40. The van der Waals surface area contributed by atoms with Crippen LogP contribution in [0.1, 0.15) is 26.3 Å². The maximum Gasteiger partial charge on any atom is 0.0491 e. The molecular weight excluding hydrogens is 302 g/mol. The highest BCUT2D eigenvalue weighted by Crippen LogP contribution is 2.34. The summed E-state index contributed by atoms with van der Waals surface area (Å²) in [5.74, 6) is 0.435. The van der Waals surface area contributed by atoms with Gasteiger partial charge in [0.2, 0.25) is 0 Å². The molecular formula is C24H25N. The summed E-state index contributed by atoms with van der Waals surface area (Å²) in [6.07, 6.45) is 13.5. The summed E-state index contributed by atoms with van der Waals surface area (Å²) in [7, 11) is 0. The van der Waals surface area contributed by atoms with E-state index in [-0.39, 0.29) is 5.41 Å². The molecule has 0 spiro atoms. The van der Waals surface area contributed by atoms with E-state index >= 15 is 0 Å². The van der Waals surface area contributed by atoms with Gasteiger partial charge in [0.25, 0.3) is 0 Å². The van der Waals surface area contributed by atoms with Crippen LogP contribution in [0.2, 0.25) is 0 Å². The Morgan fingerprint density at radius 3 is 2.60 bits per heavy atom. The number of nitrogens with zero attached hydrogens (tertiary/aromatic N) is 1. The van der Waals surface area contributed by atoms with E-state index in [2.05, 4.69) is 104 Å². The summed E-state index contributed by atoms with van der Waals surface area (Å²) in [5.41, 5.74) is 4.09. The van der Waals surface area contributed by atoms with E-state index in [1.54, 1.807) is 0 Å². The van der Waals surface area contributed by atoms with Crippen molar-refractivity contribution < 1.29 is 0 Å². The molecule has 0 N–H and O–H groups in total. The Hall–Kier alpha value is -2.54. The van der Waals surface area contributed by atoms with Crippen LogP contribution in [0.4, 0.5) is 0 Å². The van der Waals surface area contributed by atoms with Gasteiger partial charge in [0.05, 0.1) is 0 Å². The van der Waals surface area contributed by atoms with E-state index in [4.69, 9.17) is 0 Å². The predicted molar refractivity (Wildman–Crippen MR) is 110 cm³/mol. The fourth-order valence-electron chi connectivity index (χ4n) is 3.89. The van der Waals surface area contributed by atoms with E-state index in [9.17, 15) is 0 Å². The minimum absolute atomic E-state index is 0.174. The zero-order valence-corrected chi connectivity index (χ0v) is 15.2. The lowest BCUT2D eigenvalue weighted by Gasteiger charge is -2.29. The number of hydrogen-bond acceptors (Lipinski definition) is 0. The monoisotopic (exact) mass is 327 g/mol. The number of allylic oxidation sites excluding steroid dienone is 5. The molecule has 0 saturated heterocycles. The minimum atomic E-state index is 0.174. The predicted octanol–water partition coefficient (Wildman–Crippen LogP) is 6.60. The number of fused-ring (bicyclic) bond motifs is 3. The third-order valence-corrected chi connectivity index (χ3v) is 5.42. The zero-order chi connectivity index (χ0) is 17.4. The van der Waals surface area contributed by atoms with Crippen molar-refractivity contribution in [3.8, 4) is 0 Å². The van der Waals surface area contributed by atoms with Gasteiger partial charge in [-0.15, -0.1) is 0 Å². The third-order valence-electron chi connectivity index (χ3n) is 5.42. The number of para-hydroxylation sites is 1. The first kappa shape index (κ1) is 16.0. The molecule has 1 nitrogen and oxygen atoms in total. The molecule has 0 radical (unpaired) electrons. The highest BCUT2D eigenvalue weighted by Gasteiger charge is 2.23. The number of aromatic nitrogens is 1. The molecule has 1 atom stereocenters. The van der Waals surface area contributed by atoms with Crippen molar-refractivity contribution in [1.29, 1.82) is 0 Å². The van der Waals surface area contributed by atoms with E-state index in [0.717, 1.165) is 6.54 Å². The van der Waals surface area contributed by atoms with Gasteiger partial charge in [-0.3, -0.25) is 0 Å². The molecule has 1 aromatic heterocycles. The van der Waals surface area contributed by atoms with Gasteiger partial charge in [0, 0.05) is 34.3 Å². The second-order valence-corrected chi connectivity index (χ2v) is 7.49. The zero-order valence-electron chi connectivity index (χ0n) is 15.2. The largest absolute Gasteiger partial charge is 0.341 e. The van der Waals surface area contributed by atoms with Gasteiger partial charge in [0.1, 0.15) is 0 Å². The molecule has 0 bridgehead atoms. The second kappa shape index (κ2) is 6.07. The fourth-order valence-corrected chi connectivity index (χ4v) is 3.89. The summed E-state index contributed by atoms with van der Waals surface area (Å²) in [6.45, 7) is 7.79. The summed E-state index contributed by atoms with van der Waals surface area (Å²) >= 11 is 0. The van der Waals surface area contributed by atoms with E-state index in [0.29, 0.717) is 5.92 Å². The molecule has 1 heteroatoms. The van der Waals surface area contributed by atoms with Crippen LogP contribution >= 0.6 is 0 Å². The first-order valence-electron chi connectivity index (χ1n) is 9.15. The number of aryl methyl sites for hydroxylation is 1. The van der Waals surface area contributed by atoms with E-state index < -0.39 is 0 Å². The van der Waals surface area contributed by atoms with Crippen molar-refractivity contribution in [1.82, 2.24) is 4.57 Å². The Kier molecular flexibility index (Phi) is 3.88. The molecule has 0 aliphatic heterocycles. The van der Waals surface area contributed by atoms with Gasteiger partial charge in [-0.1, -0.05) is 74.6 Å².